The summed E-state index contributed by atoms with van der Waals surface area (Å²) in [5.41, 5.74) is 1.19. The molecule has 0 fully saturated rings. The maximum atomic E-state index is 13.2. The Kier molecular flexibility index (Phi) is 6.89. The van der Waals surface area contributed by atoms with E-state index in [9.17, 15) is 9.59 Å². The highest BCUT2D eigenvalue weighted by atomic mass is 32.1. The maximum absolute atomic E-state index is 13.2. The van der Waals surface area contributed by atoms with Gasteiger partial charge in [0.15, 0.2) is 11.5 Å². The Hall–Kier alpha value is -3.85. The standard InChI is InChI=1S/C24H22N2O6S/c1-29-19-9-8-16(12-20(19)30-2)18-14-33-23-22(18)24(28)26(15-25-23)13-21(27)32-11-10-31-17-6-4-3-5-7-17/h3-9,12,14-15H,10-11,13H2,1-2H3. The summed E-state index contributed by atoms with van der Waals surface area (Å²) in [6.07, 6.45) is 1.36. The molecule has 0 spiro atoms. The lowest BCUT2D eigenvalue weighted by molar-refractivity contribution is -0.145. The van der Waals surface area contributed by atoms with Crippen LogP contribution in [-0.2, 0) is 16.1 Å². The topological polar surface area (TPSA) is 88.9 Å². The molecule has 4 rings (SSSR count). The van der Waals surface area contributed by atoms with Crippen LogP contribution in [0.3, 0.4) is 0 Å². The molecule has 0 aliphatic heterocycles. The molecule has 2 aromatic carbocycles. The minimum absolute atomic E-state index is 0.0769. The minimum atomic E-state index is -0.544. The van der Waals surface area contributed by atoms with Crippen molar-refractivity contribution in [2.75, 3.05) is 27.4 Å². The Morgan fingerprint density at radius 2 is 1.82 bits per heavy atom. The quantitative estimate of drug-likeness (QED) is 0.274. The van der Waals surface area contributed by atoms with Crippen LogP contribution in [0.1, 0.15) is 0 Å². The van der Waals surface area contributed by atoms with Crippen LogP contribution in [-0.4, -0.2) is 43.0 Å². The second-order valence-electron chi connectivity index (χ2n) is 6.96. The van der Waals surface area contributed by atoms with E-state index >= 15 is 0 Å². The summed E-state index contributed by atoms with van der Waals surface area (Å²) in [4.78, 5) is 30.4. The number of carbonyl (C=O) groups excluding carboxylic acids is 1. The zero-order valence-electron chi connectivity index (χ0n) is 18.1. The second kappa shape index (κ2) is 10.2. The number of rotatable bonds is 9. The molecule has 0 saturated carbocycles. The van der Waals surface area contributed by atoms with Crippen LogP contribution in [0.2, 0.25) is 0 Å². The highest BCUT2D eigenvalue weighted by Gasteiger charge is 2.16. The molecule has 0 N–H and O–H groups in total. The number of aromatic nitrogens is 2. The number of ether oxygens (including phenoxy) is 4. The maximum Gasteiger partial charge on any atom is 0.326 e. The fourth-order valence-corrected chi connectivity index (χ4v) is 4.22. The summed E-state index contributed by atoms with van der Waals surface area (Å²) in [7, 11) is 3.12. The number of thiophene rings is 1. The second-order valence-corrected chi connectivity index (χ2v) is 7.82. The van der Waals surface area contributed by atoms with Gasteiger partial charge in [-0.25, -0.2) is 4.98 Å². The lowest BCUT2D eigenvalue weighted by Gasteiger charge is -2.10. The van der Waals surface area contributed by atoms with Crippen molar-refractivity contribution in [2.24, 2.45) is 0 Å². The SMILES string of the molecule is COc1ccc(-c2csc3ncn(CC(=O)OCCOc4ccccc4)c(=O)c23)cc1OC. The van der Waals surface area contributed by atoms with Crippen molar-refractivity contribution in [3.05, 3.63) is 70.6 Å². The fourth-order valence-electron chi connectivity index (χ4n) is 3.31. The summed E-state index contributed by atoms with van der Waals surface area (Å²) in [6.45, 7) is 0.0533. The van der Waals surface area contributed by atoms with E-state index < -0.39 is 5.97 Å². The lowest BCUT2D eigenvalue weighted by Crippen LogP contribution is -2.26. The van der Waals surface area contributed by atoms with Gasteiger partial charge in [-0.3, -0.25) is 14.2 Å². The molecule has 2 heterocycles. The Morgan fingerprint density at radius 1 is 1.03 bits per heavy atom. The Balaban J connectivity index is 1.49. The van der Waals surface area contributed by atoms with Gasteiger partial charge >= 0.3 is 5.97 Å². The minimum Gasteiger partial charge on any atom is -0.493 e. The van der Waals surface area contributed by atoms with E-state index in [0.717, 1.165) is 5.56 Å². The molecule has 2 aromatic heterocycles. The predicted molar refractivity (Wildman–Crippen MR) is 125 cm³/mol. The molecule has 0 atom stereocenters. The third kappa shape index (κ3) is 4.98. The van der Waals surface area contributed by atoms with Gasteiger partial charge in [0, 0.05) is 10.9 Å². The first kappa shape index (κ1) is 22.3. The fraction of sp³-hybridized carbons (Fsp3) is 0.208. The van der Waals surface area contributed by atoms with E-state index in [1.807, 2.05) is 41.8 Å². The zero-order chi connectivity index (χ0) is 23.2. The number of carbonyl (C=O) groups is 1. The number of hydrogen-bond donors (Lipinski definition) is 0. The van der Waals surface area contributed by atoms with Gasteiger partial charge < -0.3 is 18.9 Å². The largest absolute Gasteiger partial charge is 0.493 e. The average molecular weight is 467 g/mol. The first-order chi connectivity index (χ1) is 16.1. The van der Waals surface area contributed by atoms with Gasteiger partial charge in [0.25, 0.3) is 5.56 Å². The highest BCUT2D eigenvalue weighted by Crippen LogP contribution is 2.36. The van der Waals surface area contributed by atoms with Crippen molar-refractivity contribution in [3.8, 4) is 28.4 Å². The molecule has 0 aliphatic carbocycles. The van der Waals surface area contributed by atoms with Gasteiger partial charge in [-0.2, -0.15) is 0 Å². The summed E-state index contributed by atoms with van der Waals surface area (Å²) in [5.74, 6) is 1.30. The molecule has 0 aliphatic rings. The van der Waals surface area contributed by atoms with Crippen LogP contribution in [0.5, 0.6) is 17.2 Å². The van der Waals surface area contributed by atoms with Crippen LogP contribution >= 0.6 is 11.3 Å². The zero-order valence-corrected chi connectivity index (χ0v) is 19.0. The highest BCUT2D eigenvalue weighted by molar-refractivity contribution is 7.17. The Morgan fingerprint density at radius 3 is 2.58 bits per heavy atom. The van der Waals surface area contributed by atoms with Crippen molar-refractivity contribution in [3.63, 3.8) is 0 Å². The molecule has 0 unspecified atom stereocenters. The van der Waals surface area contributed by atoms with Crippen LogP contribution in [0, 0.1) is 0 Å². The molecular formula is C24H22N2O6S. The number of esters is 1. The van der Waals surface area contributed by atoms with Crippen molar-refractivity contribution < 1.29 is 23.7 Å². The first-order valence-corrected chi connectivity index (χ1v) is 11.0. The van der Waals surface area contributed by atoms with Gasteiger partial charge in [-0.15, -0.1) is 11.3 Å². The third-order valence-electron chi connectivity index (χ3n) is 4.91. The van der Waals surface area contributed by atoms with E-state index in [1.165, 1.54) is 22.2 Å². The number of methoxy groups -OCH3 is 2. The third-order valence-corrected chi connectivity index (χ3v) is 5.80. The van der Waals surface area contributed by atoms with Crippen LogP contribution in [0.4, 0.5) is 0 Å². The van der Waals surface area contributed by atoms with Crippen molar-refractivity contribution in [2.45, 2.75) is 6.54 Å². The Labute approximate surface area is 193 Å². The van der Waals surface area contributed by atoms with Gasteiger partial charge in [-0.05, 0) is 29.8 Å². The van der Waals surface area contributed by atoms with E-state index in [1.54, 1.807) is 26.4 Å². The van der Waals surface area contributed by atoms with E-state index in [2.05, 4.69) is 4.98 Å². The summed E-state index contributed by atoms with van der Waals surface area (Å²) >= 11 is 1.36. The Bertz CT molecular complexity index is 1320. The monoisotopic (exact) mass is 466 g/mol. The summed E-state index contributed by atoms with van der Waals surface area (Å²) < 4.78 is 22.6. The number of hydrogen-bond acceptors (Lipinski definition) is 8. The summed E-state index contributed by atoms with van der Waals surface area (Å²) in [5, 5.41) is 2.30. The van der Waals surface area contributed by atoms with Crippen LogP contribution in [0.25, 0.3) is 21.3 Å². The molecule has 170 valence electrons. The van der Waals surface area contributed by atoms with Gasteiger partial charge in [0.2, 0.25) is 0 Å². The molecule has 33 heavy (non-hydrogen) atoms. The molecule has 4 aromatic rings. The number of para-hydroxylation sites is 1. The molecule has 0 amide bonds. The molecular weight excluding hydrogens is 444 g/mol. The lowest BCUT2D eigenvalue weighted by atomic mass is 10.1. The van der Waals surface area contributed by atoms with E-state index in [4.69, 9.17) is 18.9 Å². The van der Waals surface area contributed by atoms with Crippen LogP contribution in [0.15, 0.2) is 65.0 Å². The van der Waals surface area contributed by atoms with Crippen LogP contribution < -0.4 is 19.8 Å². The van der Waals surface area contributed by atoms with Gasteiger partial charge in [0.1, 0.15) is 30.3 Å². The molecule has 9 heteroatoms. The molecule has 0 saturated heterocycles. The normalized spacial score (nSPS) is 10.7. The average Bonchev–Trinajstić information content (AvgIpc) is 3.29. The van der Waals surface area contributed by atoms with E-state index in [0.29, 0.717) is 33.0 Å². The number of nitrogens with zero attached hydrogens (tertiary/aromatic N) is 2. The summed E-state index contributed by atoms with van der Waals surface area (Å²) in [6, 6.07) is 14.7. The molecule has 0 bridgehead atoms. The number of fused-ring (bicyclic) bond motifs is 1. The molecule has 8 nitrogen and oxygen atoms in total. The predicted octanol–water partition coefficient (Wildman–Crippen LogP) is 3.76. The number of benzene rings is 2. The van der Waals surface area contributed by atoms with Gasteiger partial charge in [-0.1, -0.05) is 24.3 Å². The van der Waals surface area contributed by atoms with Crippen molar-refractivity contribution in [1.29, 1.82) is 0 Å². The van der Waals surface area contributed by atoms with Crippen molar-refractivity contribution in [1.82, 2.24) is 9.55 Å². The molecule has 0 radical (unpaired) electrons. The first-order valence-electron chi connectivity index (χ1n) is 10.1. The van der Waals surface area contributed by atoms with E-state index in [-0.39, 0.29) is 25.3 Å². The van der Waals surface area contributed by atoms with Gasteiger partial charge in [0.05, 0.1) is 25.9 Å². The van der Waals surface area contributed by atoms with Crippen molar-refractivity contribution >= 4 is 27.5 Å². The smallest absolute Gasteiger partial charge is 0.326 e.